The third-order valence-corrected chi connectivity index (χ3v) is 4.63. The molecule has 2 aromatic heterocycles. The van der Waals surface area contributed by atoms with Gasteiger partial charge in [-0.05, 0) is 31.0 Å². The van der Waals surface area contributed by atoms with E-state index in [1.807, 2.05) is 13.0 Å². The number of aldehydes is 1. The second-order valence-corrected chi connectivity index (χ2v) is 6.70. The van der Waals surface area contributed by atoms with Crippen molar-refractivity contribution in [3.05, 3.63) is 64.5 Å². The van der Waals surface area contributed by atoms with E-state index in [1.54, 1.807) is 11.3 Å². The topological polar surface area (TPSA) is 99.2 Å². The van der Waals surface area contributed by atoms with Gasteiger partial charge in [0.25, 0.3) is 5.56 Å². The lowest BCUT2D eigenvalue weighted by molar-refractivity contribution is -0.108. The van der Waals surface area contributed by atoms with Gasteiger partial charge < -0.3 is 20.6 Å². The highest BCUT2D eigenvalue weighted by molar-refractivity contribution is 7.13. The molecule has 3 heterocycles. The van der Waals surface area contributed by atoms with Crippen LogP contribution in [0.1, 0.15) is 6.92 Å². The van der Waals surface area contributed by atoms with Gasteiger partial charge in [0, 0.05) is 4.88 Å². The zero-order valence-corrected chi connectivity index (χ0v) is 16.7. The third kappa shape index (κ3) is 5.51. The van der Waals surface area contributed by atoms with Crippen LogP contribution in [-0.2, 0) is 11.3 Å². The molecule has 1 aliphatic rings. The number of aromatic nitrogens is 2. The molecular formula is C20H24N4O3S. The summed E-state index contributed by atoms with van der Waals surface area (Å²) in [5, 5.41) is 5.09. The van der Waals surface area contributed by atoms with E-state index in [0.29, 0.717) is 24.5 Å². The summed E-state index contributed by atoms with van der Waals surface area (Å²) in [5.74, 6) is 0.306. The van der Waals surface area contributed by atoms with Crippen LogP contribution in [0, 0.1) is 0 Å². The molecule has 4 rings (SSSR count). The van der Waals surface area contributed by atoms with E-state index in [2.05, 4.69) is 57.8 Å². The van der Waals surface area contributed by atoms with Crippen LogP contribution in [0.15, 0.2) is 59.0 Å². The predicted molar refractivity (Wildman–Crippen MR) is 113 cm³/mol. The number of ether oxygens (including phenoxy) is 1. The molecule has 148 valence electrons. The molecule has 0 radical (unpaired) electrons. The van der Waals surface area contributed by atoms with Gasteiger partial charge in [0.2, 0.25) is 5.88 Å². The molecule has 0 spiro atoms. The molecule has 0 fully saturated rings. The number of hydrogen-bond donors (Lipinski definition) is 2. The van der Waals surface area contributed by atoms with Gasteiger partial charge in [0.1, 0.15) is 19.2 Å². The van der Waals surface area contributed by atoms with Crippen molar-refractivity contribution in [3.8, 4) is 16.3 Å². The molecule has 1 aliphatic heterocycles. The number of nitrogens with zero attached hydrogens (tertiary/aromatic N) is 2. The van der Waals surface area contributed by atoms with E-state index in [-0.39, 0.29) is 18.1 Å². The van der Waals surface area contributed by atoms with Gasteiger partial charge >= 0.3 is 0 Å². The Labute approximate surface area is 167 Å². The second kappa shape index (κ2) is 11.0. The molecule has 0 amide bonds. The van der Waals surface area contributed by atoms with Gasteiger partial charge in [-0.2, -0.15) is 0 Å². The van der Waals surface area contributed by atoms with Crippen LogP contribution >= 0.6 is 11.3 Å². The van der Waals surface area contributed by atoms with Gasteiger partial charge in [-0.3, -0.25) is 9.36 Å². The standard InChI is InChI=1S/C10H8S.C9H11N3O3.CH5N/c1-2-5-9(6-3-1)10-7-4-8-11-10;1-6-4-15-8-7(11-6)9(14)12(2-3-13)5-10-8;1-2/h1-8H;3,5-6,11H,2,4H2,1H3;2H2,1H3. The van der Waals surface area contributed by atoms with E-state index in [9.17, 15) is 9.59 Å². The van der Waals surface area contributed by atoms with E-state index in [4.69, 9.17) is 4.74 Å². The Morgan fingerprint density at radius 1 is 1.29 bits per heavy atom. The summed E-state index contributed by atoms with van der Waals surface area (Å²) in [6.45, 7) is 2.39. The third-order valence-electron chi connectivity index (χ3n) is 3.71. The van der Waals surface area contributed by atoms with Crippen LogP contribution in [0.25, 0.3) is 10.4 Å². The summed E-state index contributed by atoms with van der Waals surface area (Å²) < 4.78 is 6.51. The number of rotatable bonds is 3. The van der Waals surface area contributed by atoms with Gasteiger partial charge in [0.05, 0.1) is 12.6 Å². The minimum atomic E-state index is -0.279. The summed E-state index contributed by atoms with van der Waals surface area (Å²) in [4.78, 5) is 27.4. The Hall–Kier alpha value is -2.97. The molecule has 3 N–H and O–H groups in total. The Bertz CT molecular complexity index is 911. The van der Waals surface area contributed by atoms with Crippen LogP contribution < -0.4 is 21.3 Å². The normalized spacial score (nSPS) is 14.0. The van der Waals surface area contributed by atoms with Crippen LogP contribution in [0.4, 0.5) is 5.69 Å². The number of fused-ring (bicyclic) bond motifs is 1. The quantitative estimate of drug-likeness (QED) is 0.656. The van der Waals surface area contributed by atoms with E-state index < -0.39 is 0 Å². The molecule has 3 aromatic rings. The lowest BCUT2D eigenvalue weighted by Crippen LogP contribution is -2.35. The average molecular weight is 401 g/mol. The van der Waals surface area contributed by atoms with Crippen molar-refractivity contribution in [2.24, 2.45) is 5.73 Å². The first-order chi connectivity index (χ1) is 13.7. The summed E-state index contributed by atoms with van der Waals surface area (Å²) >= 11 is 1.78. The fourth-order valence-electron chi connectivity index (χ4n) is 2.45. The number of nitrogens with two attached hydrogens (primary N) is 1. The van der Waals surface area contributed by atoms with E-state index >= 15 is 0 Å². The Kier molecular flexibility index (Phi) is 8.38. The predicted octanol–water partition coefficient (Wildman–Crippen LogP) is 2.63. The van der Waals surface area contributed by atoms with Crippen molar-refractivity contribution in [1.82, 2.24) is 9.55 Å². The first kappa shape index (κ1) is 21.3. The first-order valence-electron chi connectivity index (χ1n) is 8.78. The van der Waals surface area contributed by atoms with Crippen molar-refractivity contribution in [2.45, 2.75) is 19.5 Å². The largest absolute Gasteiger partial charge is 0.474 e. The molecule has 1 aromatic carbocycles. The van der Waals surface area contributed by atoms with E-state index in [1.165, 1.54) is 28.4 Å². The second-order valence-electron chi connectivity index (χ2n) is 5.75. The van der Waals surface area contributed by atoms with Gasteiger partial charge in [-0.1, -0.05) is 36.4 Å². The number of benzene rings is 1. The zero-order chi connectivity index (χ0) is 20.4. The minimum Gasteiger partial charge on any atom is -0.474 e. The fourth-order valence-corrected chi connectivity index (χ4v) is 3.19. The highest BCUT2D eigenvalue weighted by Crippen LogP contribution is 2.23. The summed E-state index contributed by atoms with van der Waals surface area (Å²) in [7, 11) is 1.50. The molecule has 28 heavy (non-hydrogen) atoms. The monoisotopic (exact) mass is 400 g/mol. The highest BCUT2D eigenvalue weighted by atomic mass is 32.1. The SMILES string of the molecule is CC1COc2ncn(CC=O)c(=O)c2N1.CN.c1ccc(-c2cccs2)cc1. The molecule has 1 atom stereocenters. The molecule has 1 unspecified atom stereocenters. The van der Waals surface area contributed by atoms with Gasteiger partial charge in [-0.25, -0.2) is 4.98 Å². The maximum atomic E-state index is 11.8. The maximum Gasteiger partial charge on any atom is 0.281 e. The molecule has 7 nitrogen and oxygen atoms in total. The van der Waals surface area contributed by atoms with Crippen molar-refractivity contribution >= 4 is 23.3 Å². The van der Waals surface area contributed by atoms with Crippen LogP contribution in [0.5, 0.6) is 5.88 Å². The van der Waals surface area contributed by atoms with Crippen molar-refractivity contribution in [3.63, 3.8) is 0 Å². The van der Waals surface area contributed by atoms with E-state index in [0.717, 1.165) is 0 Å². The molecular weight excluding hydrogens is 376 g/mol. The van der Waals surface area contributed by atoms with Gasteiger partial charge in [-0.15, -0.1) is 11.3 Å². The van der Waals surface area contributed by atoms with Crippen molar-refractivity contribution < 1.29 is 9.53 Å². The summed E-state index contributed by atoms with van der Waals surface area (Å²) in [6, 6.07) is 14.7. The van der Waals surface area contributed by atoms with Crippen LogP contribution in [-0.4, -0.2) is 35.5 Å². The fraction of sp³-hybridized carbons (Fsp3) is 0.250. The lowest BCUT2D eigenvalue weighted by Gasteiger charge is -2.23. The highest BCUT2D eigenvalue weighted by Gasteiger charge is 2.20. The average Bonchev–Trinajstić information content (AvgIpc) is 3.28. The van der Waals surface area contributed by atoms with Crippen LogP contribution in [0.2, 0.25) is 0 Å². The van der Waals surface area contributed by atoms with Gasteiger partial charge in [0.15, 0.2) is 5.69 Å². The number of carbonyl (C=O) groups is 1. The number of carbonyl (C=O) groups excluding carboxylic acids is 1. The smallest absolute Gasteiger partial charge is 0.281 e. The molecule has 8 heteroatoms. The Morgan fingerprint density at radius 3 is 2.68 bits per heavy atom. The molecule has 0 aliphatic carbocycles. The molecule has 0 bridgehead atoms. The number of thiophene rings is 1. The Balaban J connectivity index is 0.000000191. The Morgan fingerprint density at radius 2 is 2.04 bits per heavy atom. The lowest BCUT2D eigenvalue weighted by atomic mass is 10.2. The molecule has 0 saturated carbocycles. The molecule has 0 saturated heterocycles. The zero-order valence-electron chi connectivity index (χ0n) is 15.9. The number of hydrogen-bond acceptors (Lipinski definition) is 7. The minimum absolute atomic E-state index is 0.00910. The van der Waals surface area contributed by atoms with Crippen molar-refractivity contribution in [1.29, 1.82) is 0 Å². The number of anilines is 1. The summed E-state index contributed by atoms with van der Waals surface area (Å²) in [5.41, 5.74) is 5.86. The maximum absolute atomic E-state index is 11.8. The first-order valence-corrected chi connectivity index (χ1v) is 9.66. The van der Waals surface area contributed by atoms with Crippen LogP contribution in [0.3, 0.4) is 0 Å². The summed E-state index contributed by atoms with van der Waals surface area (Å²) in [6.07, 6.45) is 1.97. The number of nitrogens with one attached hydrogen (secondary N) is 1. The van der Waals surface area contributed by atoms with Crippen molar-refractivity contribution in [2.75, 3.05) is 19.0 Å².